The topological polar surface area (TPSA) is 85.9 Å². The van der Waals surface area contributed by atoms with Crippen molar-refractivity contribution in [3.05, 3.63) is 60.3 Å². The molecule has 4 aromatic rings. The van der Waals surface area contributed by atoms with Gasteiger partial charge in [0.25, 0.3) is 5.91 Å². The maximum absolute atomic E-state index is 13.2. The van der Waals surface area contributed by atoms with Gasteiger partial charge in [0, 0.05) is 24.7 Å². The fraction of sp³-hybridized carbons (Fsp3) is 0.200. The summed E-state index contributed by atoms with van der Waals surface area (Å²) in [4.78, 5) is 22.6. The van der Waals surface area contributed by atoms with E-state index in [-0.39, 0.29) is 5.91 Å². The van der Waals surface area contributed by atoms with E-state index in [4.69, 9.17) is 23.9 Å². The molecular weight excluding hydrogens is 422 g/mol. The number of aromatic nitrogens is 2. The van der Waals surface area contributed by atoms with Crippen molar-refractivity contribution < 1.29 is 23.7 Å². The second-order valence-electron chi connectivity index (χ2n) is 7.29. The van der Waals surface area contributed by atoms with E-state index in [1.54, 1.807) is 32.4 Å². The Kier molecular flexibility index (Phi) is 6.08. The number of fused-ring (bicyclic) bond motifs is 1. The van der Waals surface area contributed by atoms with Crippen LogP contribution in [0.4, 0.5) is 5.69 Å². The van der Waals surface area contributed by atoms with E-state index < -0.39 is 0 Å². The first-order valence-electron chi connectivity index (χ1n) is 10.2. The van der Waals surface area contributed by atoms with Gasteiger partial charge in [0.2, 0.25) is 5.75 Å². The summed E-state index contributed by atoms with van der Waals surface area (Å²) in [5.74, 6) is 1.95. The van der Waals surface area contributed by atoms with Crippen molar-refractivity contribution >= 4 is 22.6 Å². The lowest BCUT2D eigenvalue weighted by atomic mass is 10.1. The summed E-state index contributed by atoms with van der Waals surface area (Å²) in [5, 5.41) is 0. The minimum absolute atomic E-state index is 0.228. The number of carbonyl (C=O) groups excluding carboxylic acids is 1. The highest BCUT2D eigenvalue weighted by molar-refractivity contribution is 6.07. The lowest BCUT2D eigenvalue weighted by Gasteiger charge is -2.20. The summed E-state index contributed by atoms with van der Waals surface area (Å²) in [6.45, 7) is 0. The summed E-state index contributed by atoms with van der Waals surface area (Å²) in [6.07, 6.45) is 0. The molecule has 0 aliphatic rings. The Balaban J connectivity index is 1.65. The van der Waals surface area contributed by atoms with Gasteiger partial charge < -0.3 is 28.8 Å². The zero-order valence-electron chi connectivity index (χ0n) is 19.1. The fourth-order valence-corrected chi connectivity index (χ4v) is 3.61. The summed E-state index contributed by atoms with van der Waals surface area (Å²) in [6, 6.07) is 16.7. The summed E-state index contributed by atoms with van der Waals surface area (Å²) in [7, 11) is 7.92. The third kappa shape index (κ3) is 4.15. The summed E-state index contributed by atoms with van der Waals surface area (Å²) in [5.41, 5.74) is 4.25. The van der Waals surface area contributed by atoms with Crippen LogP contribution in [0, 0.1) is 0 Å². The smallest absolute Gasteiger partial charge is 0.274 e. The molecule has 0 aliphatic heterocycles. The summed E-state index contributed by atoms with van der Waals surface area (Å²) < 4.78 is 21.4. The van der Waals surface area contributed by atoms with Gasteiger partial charge in [0.1, 0.15) is 11.4 Å². The van der Waals surface area contributed by atoms with E-state index >= 15 is 0 Å². The Morgan fingerprint density at radius 1 is 0.848 bits per heavy atom. The maximum atomic E-state index is 13.2. The van der Waals surface area contributed by atoms with Crippen molar-refractivity contribution in [3.8, 4) is 34.3 Å². The molecule has 0 fully saturated rings. The Morgan fingerprint density at radius 2 is 1.52 bits per heavy atom. The number of hydrogen-bond donors (Lipinski definition) is 1. The van der Waals surface area contributed by atoms with E-state index in [0.717, 1.165) is 22.5 Å². The van der Waals surface area contributed by atoms with E-state index in [0.29, 0.717) is 34.1 Å². The number of carbonyl (C=O) groups is 1. The minimum atomic E-state index is -0.228. The molecule has 2 heterocycles. The SMILES string of the molecule is COc1ccc(-c2ccc3[nH]c(C(=O)N(C)c4cc(OC)c(OC)c(OC)c4)cc3n2)cc1. The molecule has 0 aliphatic carbocycles. The number of pyridine rings is 1. The van der Waals surface area contributed by atoms with Crippen LogP contribution in [-0.2, 0) is 0 Å². The number of hydrogen-bond acceptors (Lipinski definition) is 6. The van der Waals surface area contributed by atoms with Gasteiger partial charge in [-0.05, 0) is 42.5 Å². The molecule has 0 bridgehead atoms. The van der Waals surface area contributed by atoms with Crippen LogP contribution < -0.4 is 23.8 Å². The van der Waals surface area contributed by atoms with Crippen molar-refractivity contribution in [1.29, 1.82) is 0 Å². The number of H-pyrrole nitrogens is 1. The standard InChI is InChI=1S/C25H25N3O5/c1-28(16-12-22(31-3)24(33-5)23(13-16)32-4)25(29)21-14-20-19(27-21)11-10-18(26-20)15-6-8-17(30-2)9-7-15/h6-14,27H,1-5H3. The molecule has 0 unspecified atom stereocenters. The number of nitrogens with zero attached hydrogens (tertiary/aromatic N) is 2. The van der Waals surface area contributed by atoms with Crippen molar-refractivity contribution in [3.63, 3.8) is 0 Å². The van der Waals surface area contributed by atoms with Crippen LogP contribution in [0.3, 0.4) is 0 Å². The van der Waals surface area contributed by atoms with Crippen molar-refractivity contribution in [1.82, 2.24) is 9.97 Å². The zero-order valence-corrected chi connectivity index (χ0v) is 19.1. The molecule has 8 nitrogen and oxygen atoms in total. The van der Waals surface area contributed by atoms with Gasteiger partial charge in [0.05, 0.1) is 50.9 Å². The molecule has 4 rings (SSSR count). The maximum Gasteiger partial charge on any atom is 0.274 e. The van der Waals surface area contributed by atoms with Crippen LogP contribution in [0.5, 0.6) is 23.0 Å². The third-order valence-electron chi connectivity index (χ3n) is 5.43. The van der Waals surface area contributed by atoms with Crippen LogP contribution in [-0.4, -0.2) is 51.4 Å². The van der Waals surface area contributed by atoms with Crippen molar-refractivity contribution in [2.24, 2.45) is 0 Å². The van der Waals surface area contributed by atoms with Crippen LogP contribution in [0.2, 0.25) is 0 Å². The highest BCUT2D eigenvalue weighted by Crippen LogP contribution is 2.41. The number of rotatable bonds is 7. The Hall–Kier alpha value is -4.20. The average molecular weight is 447 g/mol. The zero-order chi connectivity index (χ0) is 23.5. The van der Waals surface area contributed by atoms with Crippen LogP contribution in [0.25, 0.3) is 22.3 Å². The molecule has 2 aromatic heterocycles. The van der Waals surface area contributed by atoms with Crippen LogP contribution >= 0.6 is 0 Å². The van der Waals surface area contributed by atoms with Crippen molar-refractivity contribution in [2.45, 2.75) is 0 Å². The number of benzene rings is 2. The van der Waals surface area contributed by atoms with Crippen molar-refractivity contribution in [2.75, 3.05) is 40.4 Å². The Morgan fingerprint density at radius 3 is 2.09 bits per heavy atom. The number of nitrogens with one attached hydrogen (secondary N) is 1. The Bertz CT molecular complexity index is 1270. The third-order valence-corrected chi connectivity index (χ3v) is 5.43. The molecule has 0 saturated heterocycles. The predicted octanol–water partition coefficient (Wildman–Crippen LogP) is 4.54. The molecule has 1 N–H and O–H groups in total. The average Bonchev–Trinajstić information content (AvgIpc) is 3.30. The molecular formula is C25H25N3O5. The van der Waals surface area contributed by atoms with E-state index in [1.165, 1.54) is 26.2 Å². The number of aromatic amines is 1. The molecule has 2 aromatic carbocycles. The number of anilines is 1. The van der Waals surface area contributed by atoms with Gasteiger partial charge in [-0.1, -0.05) is 0 Å². The first-order valence-corrected chi connectivity index (χ1v) is 10.2. The van der Waals surface area contributed by atoms with Gasteiger partial charge in [-0.2, -0.15) is 0 Å². The molecule has 0 saturated carbocycles. The quantitative estimate of drug-likeness (QED) is 0.448. The van der Waals surface area contributed by atoms with Gasteiger partial charge in [0.15, 0.2) is 11.5 Å². The highest BCUT2D eigenvalue weighted by Gasteiger charge is 2.21. The van der Waals surface area contributed by atoms with Gasteiger partial charge >= 0.3 is 0 Å². The van der Waals surface area contributed by atoms with Gasteiger partial charge in [-0.15, -0.1) is 0 Å². The van der Waals surface area contributed by atoms with E-state index in [1.807, 2.05) is 36.4 Å². The van der Waals surface area contributed by atoms with Crippen LogP contribution in [0.15, 0.2) is 54.6 Å². The van der Waals surface area contributed by atoms with Gasteiger partial charge in [-0.3, -0.25) is 4.79 Å². The molecule has 1 amide bonds. The molecule has 33 heavy (non-hydrogen) atoms. The molecule has 8 heteroatoms. The number of ether oxygens (including phenoxy) is 4. The largest absolute Gasteiger partial charge is 0.497 e. The highest BCUT2D eigenvalue weighted by atomic mass is 16.5. The van der Waals surface area contributed by atoms with Gasteiger partial charge in [-0.25, -0.2) is 4.98 Å². The molecule has 0 spiro atoms. The first-order chi connectivity index (χ1) is 16.0. The Labute approximate surface area is 191 Å². The molecule has 170 valence electrons. The predicted molar refractivity (Wildman–Crippen MR) is 127 cm³/mol. The van der Waals surface area contributed by atoms with E-state index in [2.05, 4.69) is 4.98 Å². The second kappa shape index (κ2) is 9.12. The van der Waals surface area contributed by atoms with Crippen LogP contribution in [0.1, 0.15) is 10.5 Å². The summed E-state index contributed by atoms with van der Waals surface area (Å²) >= 11 is 0. The van der Waals surface area contributed by atoms with E-state index in [9.17, 15) is 4.79 Å². The molecule has 0 atom stereocenters. The minimum Gasteiger partial charge on any atom is -0.497 e. The monoisotopic (exact) mass is 447 g/mol. The normalized spacial score (nSPS) is 10.7. The number of amides is 1. The lowest BCUT2D eigenvalue weighted by Crippen LogP contribution is -2.26. The first kappa shape index (κ1) is 22.0. The molecule has 0 radical (unpaired) electrons. The number of methoxy groups -OCH3 is 4. The fourth-order valence-electron chi connectivity index (χ4n) is 3.61. The lowest BCUT2D eigenvalue weighted by molar-refractivity contribution is 0.0989. The second-order valence-corrected chi connectivity index (χ2v) is 7.29.